The molecule has 0 aromatic carbocycles. The maximum atomic E-state index is 2.25. The van der Waals surface area contributed by atoms with Crippen molar-refractivity contribution in [2.75, 3.05) is 0 Å². The molecule has 0 aliphatic carbocycles. The molecule has 0 aliphatic rings. The molecule has 0 saturated heterocycles. The zero-order valence-electron chi connectivity index (χ0n) is 4.99. The van der Waals surface area contributed by atoms with E-state index in [9.17, 15) is 0 Å². The quantitative estimate of drug-likeness (QED) is 0.440. The van der Waals surface area contributed by atoms with Gasteiger partial charge >= 0.3 is 49.0 Å². The summed E-state index contributed by atoms with van der Waals surface area (Å²) in [5.74, 6) is 0.898. The predicted molar refractivity (Wildman–Crippen MR) is 30.0 cm³/mol. The SMILES string of the molecule is [Li][CH2]CC(C)C. The second kappa shape index (κ2) is 3.78. The van der Waals surface area contributed by atoms with Gasteiger partial charge in [-0.05, 0) is 0 Å². The average Bonchev–Trinajstić information content (AvgIpc) is 1.35. The fourth-order valence-electron chi connectivity index (χ4n) is 0.577. The van der Waals surface area contributed by atoms with Crippen LogP contribution in [-0.2, 0) is 0 Å². The van der Waals surface area contributed by atoms with Crippen molar-refractivity contribution in [3.63, 3.8) is 0 Å². The summed E-state index contributed by atoms with van der Waals surface area (Å²) >= 11 is 2.22. The molecular formula is C5H11Li. The van der Waals surface area contributed by atoms with Crippen LogP contribution in [0.4, 0.5) is 0 Å². The Hall–Kier alpha value is 0.597. The summed E-state index contributed by atoms with van der Waals surface area (Å²) < 4.78 is 0. The first kappa shape index (κ1) is 6.60. The van der Waals surface area contributed by atoms with Gasteiger partial charge in [0, 0.05) is 0 Å². The van der Waals surface area contributed by atoms with Crippen LogP contribution in [0.2, 0.25) is 5.09 Å². The topological polar surface area (TPSA) is 0 Å². The summed E-state index contributed by atoms with van der Waals surface area (Å²) in [4.78, 5) is 0. The van der Waals surface area contributed by atoms with E-state index in [-0.39, 0.29) is 0 Å². The van der Waals surface area contributed by atoms with E-state index >= 15 is 0 Å². The Balaban J connectivity index is 2.63. The molecule has 0 rings (SSSR count). The van der Waals surface area contributed by atoms with Crippen LogP contribution in [0, 0.1) is 5.92 Å². The van der Waals surface area contributed by atoms with Crippen LogP contribution in [0.25, 0.3) is 0 Å². The van der Waals surface area contributed by atoms with E-state index < -0.39 is 0 Å². The molecule has 0 aromatic rings. The summed E-state index contributed by atoms with van der Waals surface area (Å²) in [6.07, 6.45) is 1.38. The first-order valence-electron chi connectivity index (χ1n) is 2.77. The van der Waals surface area contributed by atoms with Gasteiger partial charge in [0.15, 0.2) is 0 Å². The predicted octanol–water partition coefficient (Wildman–Crippen LogP) is 1.62. The molecule has 0 amide bonds. The maximum absolute atomic E-state index is 2.25. The van der Waals surface area contributed by atoms with Gasteiger partial charge in [0.2, 0.25) is 0 Å². The van der Waals surface area contributed by atoms with E-state index in [1.165, 1.54) is 11.5 Å². The van der Waals surface area contributed by atoms with Gasteiger partial charge in [-0.1, -0.05) is 0 Å². The van der Waals surface area contributed by atoms with Crippen LogP contribution in [0.1, 0.15) is 20.3 Å². The fraction of sp³-hybridized carbons (Fsp3) is 1.00. The van der Waals surface area contributed by atoms with Crippen LogP contribution in [-0.4, -0.2) is 17.7 Å². The molecule has 0 fully saturated rings. The molecule has 0 spiro atoms. The molecule has 0 unspecified atom stereocenters. The molecule has 0 saturated carbocycles. The molecule has 0 heterocycles. The van der Waals surface area contributed by atoms with Gasteiger partial charge in [-0.25, -0.2) is 0 Å². The third-order valence-electron chi connectivity index (χ3n) is 0.866. The van der Waals surface area contributed by atoms with E-state index in [1.54, 1.807) is 0 Å². The van der Waals surface area contributed by atoms with Gasteiger partial charge in [-0.15, -0.1) is 0 Å². The van der Waals surface area contributed by atoms with Gasteiger partial charge in [-0.2, -0.15) is 0 Å². The third kappa shape index (κ3) is 4.60. The number of rotatable bonds is 2. The third-order valence-corrected chi connectivity index (χ3v) is 0.866. The summed E-state index contributed by atoms with van der Waals surface area (Å²) in [7, 11) is 0. The van der Waals surface area contributed by atoms with Gasteiger partial charge in [0.25, 0.3) is 0 Å². The Morgan fingerprint density at radius 2 is 2.00 bits per heavy atom. The van der Waals surface area contributed by atoms with Gasteiger partial charge in [-0.3, -0.25) is 0 Å². The van der Waals surface area contributed by atoms with Crippen molar-refractivity contribution >= 4 is 17.7 Å². The van der Waals surface area contributed by atoms with Gasteiger partial charge in [0.05, 0.1) is 0 Å². The van der Waals surface area contributed by atoms with E-state index in [0.29, 0.717) is 0 Å². The Kier molecular flexibility index (Phi) is 4.15. The van der Waals surface area contributed by atoms with Crippen molar-refractivity contribution in [3.05, 3.63) is 0 Å². The molecule has 6 heavy (non-hydrogen) atoms. The van der Waals surface area contributed by atoms with E-state index in [4.69, 9.17) is 0 Å². The Bertz CT molecular complexity index is 25.1. The van der Waals surface area contributed by atoms with Crippen molar-refractivity contribution in [1.82, 2.24) is 0 Å². The molecule has 0 bridgehead atoms. The number of hydrogen-bond donors (Lipinski definition) is 0. The normalized spacial score (nSPS) is 10.2. The first-order chi connectivity index (χ1) is 2.77. The zero-order chi connectivity index (χ0) is 4.99. The Morgan fingerprint density at radius 3 is 2.00 bits per heavy atom. The minimum absolute atomic E-state index is 0.898. The van der Waals surface area contributed by atoms with E-state index in [1.807, 2.05) is 0 Å². The molecule has 0 nitrogen and oxygen atoms in total. The second-order valence-electron chi connectivity index (χ2n) is 2.18. The first-order valence-corrected chi connectivity index (χ1v) is 2.77. The molecule has 0 aliphatic heterocycles. The monoisotopic (exact) mass is 78.1 g/mol. The van der Waals surface area contributed by atoms with Crippen molar-refractivity contribution in [3.8, 4) is 0 Å². The standard InChI is InChI=1S/C5H11.Li/c1-4-5(2)3;/h5H,1,4H2,2-3H3;. The van der Waals surface area contributed by atoms with Gasteiger partial charge < -0.3 is 0 Å². The fourth-order valence-corrected chi connectivity index (χ4v) is 0.577. The molecule has 0 atom stereocenters. The summed E-state index contributed by atoms with van der Waals surface area (Å²) in [5, 5.41) is 1.33. The Morgan fingerprint density at radius 1 is 1.50 bits per heavy atom. The van der Waals surface area contributed by atoms with Crippen LogP contribution >= 0.6 is 0 Å². The Labute approximate surface area is 49.5 Å². The molecule has 0 aromatic heterocycles. The average molecular weight is 78.1 g/mol. The molecular weight excluding hydrogens is 67.0 g/mol. The van der Waals surface area contributed by atoms with E-state index in [0.717, 1.165) is 5.92 Å². The van der Waals surface area contributed by atoms with Crippen LogP contribution in [0.5, 0.6) is 0 Å². The van der Waals surface area contributed by atoms with Crippen molar-refractivity contribution < 1.29 is 0 Å². The van der Waals surface area contributed by atoms with E-state index in [2.05, 4.69) is 31.6 Å². The minimum atomic E-state index is 0.898. The molecule has 0 N–H and O–H groups in total. The van der Waals surface area contributed by atoms with Crippen molar-refractivity contribution in [1.29, 1.82) is 0 Å². The van der Waals surface area contributed by atoms with Gasteiger partial charge in [0.1, 0.15) is 0 Å². The summed E-state index contributed by atoms with van der Waals surface area (Å²) in [6, 6.07) is 0. The van der Waals surface area contributed by atoms with Crippen molar-refractivity contribution in [2.45, 2.75) is 25.4 Å². The molecule has 32 valence electrons. The van der Waals surface area contributed by atoms with Crippen LogP contribution in [0.15, 0.2) is 0 Å². The molecule has 1 heteroatoms. The second-order valence-corrected chi connectivity index (χ2v) is 2.18. The molecule has 0 radical (unpaired) electrons. The van der Waals surface area contributed by atoms with Crippen molar-refractivity contribution in [2.24, 2.45) is 5.92 Å². The zero-order valence-corrected chi connectivity index (χ0v) is 4.99. The van der Waals surface area contributed by atoms with Crippen LogP contribution in [0.3, 0.4) is 0 Å². The summed E-state index contributed by atoms with van der Waals surface area (Å²) in [5.41, 5.74) is 0. The van der Waals surface area contributed by atoms with Crippen LogP contribution < -0.4 is 0 Å². The summed E-state index contributed by atoms with van der Waals surface area (Å²) in [6.45, 7) is 4.51. The number of hydrogen-bond acceptors (Lipinski definition) is 0.